The average Bonchev–Trinajstić information content (AvgIpc) is 3.28. The largest absolute Gasteiger partial charge is 0.508 e. The number of ether oxygens (including phenoxy) is 2. The molecule has 2 aliphatic carbocycles. The number of hydrogen-bond donors (Lipinski definition) is 1. The van der Waals surface area contributed by atoms with E-state index in [2.05, 4.69) is 22.6 Å². The van der Waals surface area contributed by atoms with Crippen LogP contribution in [0.2, 0.25) is 0 Å². The van der Waals surface area contributed by atoms with E-state index in [-0.39, 0.29) is 36.0 Å². The van der Waals surface area contributed by atoms with Crippen LogP contribution in [0.1, 0.15) is 24.3 Å². The molecule has 0 radical (unpaired) electrons. The van der Waals surface area contributed by atoms with Gasteiger partial charge in [-0.1, -0.05) is 11.6 Å². The number of imide groups is 2. The summed E-state index contributed by atoms with van der Waals surface area (Å²) in [4.78, 5) is 53.4. The summed E-state index contributed by atoms with van der Waals surface area (Å²) >= 11 is 16.6. The van der Waals surface area contributed by atoms with Crippen molar-refractivity contribution in [3.8, 4) is 17.2 Å². The van der Waals surface area contributed by atoms with Gasteiger partial charge in [0, 0.05) is 34.2 Å². The Hall–Kier alpha value is -2.83. The summed E-state index contributed by atoms with van der Waals surface area (Å²) in [5.41, 5.74) is 1.37. The van der Waals surface area contributed by atoms with Crippen LogP contribution in [0.5, 0.6) is 17.2 Å². The maximum absolute atomic E-state index is 14.1. The lowest BCUT2D eigenvalue weighted by atomic mass is 9.56. The van der Waals surface area contributed by atoms with Gasteiger partial charge in [-0.3, -0.25) is 29.0 Å². The second-order valence-corrected chi connectivity index (χ2v) is 13.2. The van der Waals surface area contributed by atoms with Gasteiger partial charge in [0.1, 0.15) is 17.2 Å². The summed E-state index contributed by atoms with van der Waals surface area (Å²) in [5, 5.41) is 10.3. The van der Waals surface area contributed by atoms with Crippen molar-refractivity contribution in [2.24, 2.45) is 17.8 Å². The first-order valence-corrected chi connectivity index (χ1v) is 14.7. The molecule has 12 heteroatoms. The molecule has 6 atom stereocenters. The third-order valence-electron chi connectivity index (χ3n) is 8.92. The smallest absolute Gasteiger partial charge is 0.253 e. The number of phenols is 1. The van der Waals surface area contributed by atoms with Gasteiger partial charge in [0.25, 0.3) is 11.8 Å². The highest BCUT2D eigenvalue weighted by molar-refractivity contribution is 14.1. The summed E-state index contributed by atoms with van der Waals surface area (Å²) in [6.07, 6.45) is 1.93. The molecule has 2 aromatic carbocycles. The van der Waals surface area contributed by atoms with Crippen molar-refractivity contribution in [1.29, 1.82) is 0 Å². The van der Waals surface area contributed by atoms with E-state index < -0.39 is 51.1 Å². The van der Waals surface area contributed by atoms with Crippen LogP contribution in [-0.2, 0) is 19.2 Å². The van der Waals surface area contributed by atoms with Gasteiger partial charge >= 0.3 is 0 Å². The number of carbonyl (C=O) groups excluding carboxylic acids is 4. The van der Waals surface area contributed by atoms with Crippen LogP contribution in [0.4, 0.5) is 5.69 Å². The number of amides is 4. The molecule has 2 aliphatic heterocycles. The number of hydrogen-bond acceptors (Lipinski definition) is 7. The summed E-state index contributed by atoms with van der Waals surface area (Å²) in [6.45, 7) is 0. The number of alkyl halides is 2. The van der Waals surface area contributed by atoms with Crippen molar-refractivity contribution >= 4 is 75.1 Å². The van der Waals surface area contributed by atoms with E-state index in [1.54, 1.807) is 12.1 Å². The number of carbonyl (C=O) groups is 4. The lowest BCUT2D eigenvalue weighted by Gasteiger charge is -2.51. The minimum absolute atomic E-state index is 0.126. The molecule has 4 amide bonds. The Morgan fingerprint density at radius 1 is 0.951 bits per heavy atom. The zero-order chi connectivity index (χ0) is 29.6. The number of aromatic hydroxyl groups is 1. The highest BCUT2D eigenvalue weighted by Crippen LogP contribution is 2.67. The first kappa shape index (κ1) is 28.3. The van der Waals surface area contributed by atoms with Crippen LogP contribution in [0.15, 0.2) is 48.0 Å². The molecule has 3 fully saturated rings. The number of benzene rings is 2. The lowest BCUT2D eigenvalue weighted by Crippen LogP contribution is -2.60. The second-order valence-electron chi connectivity index (χ2n) is 10.8. The molecule has 1 N–H and O–H groups in total. The standard InChI is InChI=1S/C29H25Cl2IN2O7/c1-33-26(38)28(30)12-18-16(8-9-17-21(18)25(37)34(24(17)36)14-6-4-13(32)5-7-14)23(29(28,31)27(33)39)22-19(40-2)10-15(35)11-20(22)41-3/h4-8,10-11,17-18,21,23,35H,9,12H2,1-3H3/t17-,18+,21-,23+,28+,29-/m0/s1. The third kappa shape index (κ3) is 3.65. The number of fused-ring (bicyclic) bond motifs is 4. The van der Waals surface area contributed by atoms with E-state index in [4.69, 9.17) is 32.7 Å². The number of anilines is 1. The number of halogens is 3. The summed E-state index contributed by atoms with van der Waals surface area (Å²) in [6, 6.07) is 9.79. The molecule has 0 aromatic heterocycles. The van der Waals surface area contributed by atoms with Crippen LogP contribution in [0, 0.1) is 21.3 Å². The van der Waals surface area contributed by atoms with E-state index >= 15 is 0 Å². The maximum atomic E-state index is 14.1. The second kappa shape index (κ2) is 9.60. The summed E-state index contributed by atoms with van der Waals surface area (Å²) in [5.74, 6) is -5.20. The van der Waals surface area contributed by atoms with E-state index in [0.717, 1.165) is 8.47 Å². The average molecular weight is 711 g/mol. The molecule has 1 saturated carbocycles. The number of methoxy groups -OCH3 is 2. The number of phenolic OH excluding ortho intramolecular Hbond substituents is 1. The van der Waals surface area contributed by atoms with Crippen LogP contribution in [0.25, 0.3) is 0 Å². The van der Waals surface area contributed by atoms with Gasteiger partial charge < -0.3 is 14.6 Å². The first-order chi connectivity index (χ1) is 19.4. The first-order valence-electron chi connectivity index (χ1n) is 12.9. The predicted octanol–water partition coefficient (Wildman–Crippen LogP) is 4.21. The van der Waals surface area contributed by atoms with Crippen molar-refractivity contribution in [3.05, 3.63) is 57.2 Å². The predicted molar refractivity (Wildman–Crippen MR) is 158 cm³/mol. The summed E-state index contributed by atoms with van der Waals surface area (Å²) < 4.78 is 12.2. The molecular formula is C29H25Cl2IN2O7. The number of rotatable bonds is 4. The van der Waals surface area contributed by atoms with Gasteiger partial charge in [-0.2, -0.15) is 0 Å². The van der Waals surface area contributed by atoms with Crippen molar-refractivity contribution in [2.45, 2.75) is 28.5 Å². The van der Waals surface area contributed by atoms with Crippen LogP contribution in [0.3, 0.4) is 0 Å². The Morgan fingerprint density at radius 2 is 1.56 bits per heavy atom. The fourth-order valence-electron chi connectivity index (χ4n) is 7.12. The van der Waals surface area contributed by atoms with Crippen molar-refractivity contribution in [3.63, 3.8) is 0 Å². The minimum Gasteiger partial charge on any atom is -0.508 e. The molecule has 2 saturated heterocycles. The Morgan fingerprint density at radius 3 is 2.15 bits per heavy atom. The molecule has 2 heterocycles. The van der Waals surface area contributed by atoms with Gasteiger partial charge in [0.05, 0.1) is 31.7 Å². The van der Waals surface area contributed by atoms with Gasteiger partial charge in [-0.15, -0.1) is 23.2 Å². The Labute approximate surface area is 259 Å². The molecule has 0 bridgehead atoms. The Kier molecular flexibility index (Phi) is 6.63. The Bertz CT molecular complexity index is 1540. The van der Waals surface area contributed by atoms with Crippen LogP contribution >= 0.6 is 45.8 Å². The fourth-order valence-corrected chi connectivity index (χ4v) is 8.48. The van der Waals surface area contributed by atoms with E-state index in [1.165, 1.54) is 38.3 Å². The monoisotopic (exact) mass is 710 g/mol. The van der Waals surface area contributed by atoms with Crippen LogP contribution in [-0.4, -0.2) is 64.7 Å². The molecule has 4 aliphatic rings. The van der Waals surface area contributed by atoms with Crippen molar-refractivity contribution in [2.75, 3.05) is 26.2 Å². The third-order valence-corrected chi connectivity index (χ3v) is 11.0. The van der Waals surface area contributed by atoms with E-state index in [9.17, 15) is 24.3 Å². The fraction of sp³-hybridized carbons (Fsp3) is 0.379. The highest BCUT2D eigenvalue weighted by Gasteiger charge is 2.76. The molecule has 6 rings (SSSR count). The maximum Gasteiger partial charge on any atom is 0.253 e. The van der Waals surface area contributed by atoms with E-state index in [1.807, 2.05) is 18.2 Å². The van der Waals surface area contributed by atoms with Crippen LogP contribution < -0.4 is 14.4 Å². The summed E-state index contributed by atoms with van der Waals surface area (Å²) in [7, 11) is 4.11. The topological polar surface area (TPSA) is 113 Å². The van der Waals surface area contributed by atoms with Crippen molar-refractivity contribution < 1.29 is 33.8 Å². The minimum atomic E-state index is -2.01. The van der Waals surface area contributed by atoms with Gasteiger partial charge in [-0.05, 0) is 65.6 Å². The zero-order valence-corrected chi connectivity index (χ0v) is 25.9. The number of allylic oxidation sites excluding steroid dienone is 2. The molecule has 214 valence electrons. The normalized spacial score (nSPS) is 32.5. The number of nitrogens with zero attached hydrogens (tertiary/aromatic N) is 2. The van der Waals surface area contributed by atoms with Gasteiger partial charge in [-0.25, -0.2) is 0 Å². The molecule has 41 heavy (non-hydrogen) atoms. The quantitative estimate of drug-likeness (QED) is 0.219. The SMILES string of the molecule is COc1cc(O)cc(OC)c1[C@H]1C2=CC[C@@H]3C(=O)N(c4ccc(I)cc4)C(=O)[C@@H]3[C@@H]2C[C@@]2(Cl)C(=O)N(C)C(=O)[C@@]12Cl. The van der Waals surface area contributed by atoms with Crippen molar-refractivity contribution in [1.82, 2.24) is 4.90 Å². The molecule has 2 aromatic rings. The number of likely N-dealkylation sites (tertiary alicyclic amines) is 1. The Balaban J connectivity index is 1.57. The highest BCUT2D eigenvalue weighted by atomic mass is 127. The molecule has 0 unspecified atom stereocenters. The molecule has 9 nitrogen and oxygen atoms in total. The molecular weight excluding hydrogens is 686 g/mol. The zero-order valence-electron chi connectivity index (χ0n) is 22.2. The van der Waals surface area contributed by atoms with Gasteiger partial charge in [0.15, 0.2) is 9.75 Å². The lowest BCUT2D eigenvalue weighted by molar-refractivity contribution is -0.138. The molecule has 0 spiro atoms. The van der Waals surface area contributed by atoms with Gasteiger partial charge in [0.2, 0.25) is 11.8 Å². The van der Waals surface area contributed by atoms with E-state index in [0.29, 0.717) is 16.8 Å².